The maximum atomic E-state index is 13.0. The van der Waals surface area contributed by atoms with Gasteiger partial charge in [-0.3, -0.25) is 0 Å². The van der Waals surface area contributed by atoms with Gasteiger partial charge in [-0.05, 0) is 30.9 Å². The summed E-state index contributed by atoms with van der Waals surface area (Å²) in [5, 5.41) is 0.598. The monoisotopic (exact) mass is 507 g/mol. The molecule has 0 radical (unpaired) electrons. The van der Waals surface area contributed by atoms with E-state index in [1.165, 1.54) is 0 Å². The van der Waals surface area contributed by atoms with Crippen LogP contribution in [0.4, 0.5) is 5.00 Å². The molecule has 1 fully saturated rings. The molecule has 2 heterocycles. The summed E-state index contributed by atoms with van der Waals surface area (Å²) >= 11 is 1.12. The van der Waals surface area contributed by atoms with Crippen LogP contribution in [0.15, 0.2) is 82.0 Å². The number of sulfonamides is 1. The number of hydrogen-bond acceptors (Lipinski definition) is 6. The number of nitrogens with two attached hydrogens (primary N) is 1. The SMILES string of the molecule is C#CC(C(N)CNS(=O)(=O)c1ccc(N=C(c2ccccc2)c2ccccc2)s1)C1CCOCC1. The van der Waals surface area contributed by atoms with E-state index in [4.69, 9.17) is 21.9 Å². The predicted octanol–water partition coefficient (Wildman–Crippen LogP) is 4.20. The minimum Gasteiger partial charge on any atom is -0.381 e. The van der Waals surface area contributed by atoms with Crippen LogP contribution in [0.2, 0.25) is 0 Å². The quantitative estimate of drug-likeness (QED) is 0.335. The van der Waals surface area contributed by atoms with Gasteiger partial charge in [0, 0.05) is 42.8 Å². The molecule has 1 saturated heterocycles. The Balaban J connectivity index is 1.50. The molecule has 2 atom stereocenters. The third-order valence-corrected chi connectivity index (χ3v) is 8.98. The molecule has 8 heteroatoms. The zero-order chi connectivity index (χ0) is 24.7. The minimum atomic E-state index is -3.75. The van der Waals surface area contributed by atoms with Crippen LogP contribution in [-0.2, 0) is 14.8 Å². The van der Waals surface area contributed by atoms with Crippen LogP contribution in [-0.4, -0.2) is 39.9 Å². The Hall–Kier alpha value is -2.80. The first-order valence-electron chi connectivity index (χ1n) is 11.6. The summed E-state index contributed by atoms with van der Waals surface area (Å²) in [6.45, 7) is 1.39. The van der Waals surface area contributed by atoms with E-state index < -0.39 is 16.1 Å². The number of nitrogens with zero attached hydrogens (tertiary/aromatic N) is 1. The summed E-state index contributed by atoms with van der Waals surface area (Å²) < 4.78 is 34.2. The second-order valence-corrected chi connectivity index (χ2v) is 11.5. The fraction of sp³-hybridized carbons (Fsp3) is 0.296. The molecule has 0 saturated carbocycles. The Labute approximate surface area is 211 Å². The Morgan fingerprint density at radius 3 is 2.23 bits per heavy atom. The molecule has 1 aliphatic heterocycles. The Kier molecular flexibility index (Phi) is 8.50. The second kappa shape index (κ2) is 11.8. The zero-order valence-electron chi connectivity index (χ0n) is 19.3. The summed E-state index contributed by atoms with van der Waals surface area (Å²) in [5.74, 6) is 2.81. The molecule has 2 unspecified atom stereocenters. The lowest BCUT2D eigenvalue weighted by Gasteiger charge is -2.30. The Morgan fingerprint density at radius 1 is 1.06 bits per heavy atom. The van der Waals surface area contributed by atoms with Gasteiger partial charge in [0.1, 0.15) is 9.21 Å². The normalized spacial score (nSPS) is 16.2. The van der Waals surface area contributed by atoms with E-state index in [9.17, 15) is 8.42 Å². The molecule has 3 N–H and O–H groups in total. The first-order chi connectivity index (χ1) is 17.0. The van der Waals surface area contributed by atoms with Gasteiger partial charge in [-0.25, -0.2) is 18.1 Å². The largest absolute Gasteiger partial charge is 0.381 e. The van der Waals surface area contributed by atoms with Crippen molar-refractivity contribution in [3.05, 3.63) is 83.9 Å². The molecule has 3 aromatic rings. The molecule has 4 rings (SSSR count). The van der Waals surface area contributed by atoms with E-state index in [1.807, 2.05) is 60.7 Å². The lowest BCUT2D eigenvalue weighted by molar-refractivity contribution is 0.0517. The van der Waals surface area contributed by atoms with Crippen LogP contribution >= 0.6 is 11.3 Å². The van der Waals surface area contributed by atoms with Crippen molar-refractivity contribution >= 4 is 32.1 Å². The van der Waals surface area contributed by atoms with Gasteiger partial charge in [0.25, 0.3) is 0 Å². The summed E-state index contributed by atoms with van der Waals surface area (Å²) in [7, 11) is -3.75. The van der Waals surface area contributed by atoms with Crippen molar-refractivity contribution in [2.45, 2.75) is 23.1 Å². The molecule has 6 nitrogen and oxygen atoms in total. The highest BCUT2D eigenvalue weighted by Gasteiger charge is 2.29. The van der Waals surface area contributed by atoms with Crippen molar-refractivity contribution in [1.29, 1.82) is 0 Å². The molecular formula is C27H29N3O3S2. The number of rotatable bonds is 9. The van der Waals surface area contributed by atoms with Gasteiger partial charge in [0.05, 0.1) is 5.71 Å². The van der Waals surface area contributed by atoms with E-state index in [0.717, 1.165) is 41.0 Å². The van der Waals surface area contributed by atoms with E-state index in [0.29, 0.717) is 18.2 Å². The maximum absolute atomic E-state index is 13.0. The van der Waals surface area contributed by atoms with Gasteiger partial charge < -0.3 is 10.5 Å². The van der Waals surface area contributed by atoms with Crippen molar-refractivity contribution in [1.82, 2.24) is 4.72 Å². The maximum Gasteiger partial charge on any atom is 0.250 e. The van der Waals surface area contributed by atoms with E-state index in [-0.39, 0.29) is 22.6 Å². The van der Waals surface area contributed by atoms with Crippen molar-refractivity contribution in [2.75, 3.05) is 19.8 Å². The van der Waals surface area contributed by atoms with Crippen molar-refractivity contribution in [3.63, 3.8) is 0 Å². The molecule has 35 heavy (non-hydrogen) atoms. The summed E-state index contributed by atoms with van der Waals surface area (Å²) in [6.07, 6.45) is 7.42. The average molecular weight is 508 g/mol. The van der Waals surface area contributed by atoms with Crippen molar-refractivity contribution < 1.29 is 13.2 Å². The topological polar surface area (TPSA) is 93.8 Å². The molecular weight excluding hydrogens is 478 g/mol. The molecule has 0 spiro atoms. The van der Waals surface area contributed by atoms with Gasteiger partial charge in [-0.2, -0.15) is 0 Å². The number of hydrogen-bond donors (Lipinski definition) is 2. The van der Waals surface area contributed by atoms with Crippen LogP contribution in [0, 0.1) is 24.2 Å². The number of aliphatic imine (C=N–C) groups is 1. The van der Waals surface area contributed by atoms with Crippen LogP contribution in [0.3, 0.4) is 0 Å². The van der Waals surface area contributed by atoms with Gasteiger partial charge in [-0.1, -0.05) is 60.7 Å². The number of thiophene rings is 1. The molecule has 182 valence electrons. The second-order valence-electron chi connectivity index (χ2n) is 8.44. The fourth-order valence-electron chi connectivity index (χ4n) is 4.20. The molecule has 0 bridgehead atoms. The first-order valence-corrected chi connectivity index (χ1v) is 13.9. The van der Waals surface area contributed by atoms with Crippen LogP contribution < -0.4 is 10.5 Å². The Morgan fingerprint density at radius 2 is 1.66 bits per heavy atom. The number of benzene rings is 2. The summed E-state index contributed by atoms with van der Waals surface area (Å²) in [5.41, 5.74) is 9.00. The predicted molar refractivity (Wildman–Crippen MR) is 142 cm³/mol. The Bertz CT molecular complexity index is 1230. The van der Waals surface area contributed by atoms with Gasteiger partial charge in [0.2, 0.25) is 10.0 Å². The highest BCUT2D eigenvalue weighted by molar-refractivity contribution is 7.91. The summed E-state index contributed by atoms with van der Waals surface area (Å²) in [6, 6.07) is 22.5. The smallest absolute Gasteiger partial charge is 0.250 e. The third kappa shape index (κ3) is 6.45. The van der Waals surface area contributed by atoms with Crippen molar-refractivity contribution in [3.8, 4) is 12.3 Å². The molecule has 0 amide bonds. The zero-order valence-corrected chi connectivity index (χ0v) is 21.0. The third-order valence-electron chi connectivity index (χ3n) is 6.09. The highest BCUT2D eigenvalue weighted by atomic mass is 32.2. The molecule has 1 aromatic heterocycles. The van der Waals surface area contributed by atoms with Gasteiger partial charge in [-0.15, -0.1) is 23.7 Å². The van der Waals surface area contributed by atoms with Gasteiger partial charge in [0.15, 0.2) is 0 Å². The highest BCUT2D eigenvalue weighted by Crippen LogP contribution is 2.30. The average Bonchev–Trinajstić information content (AvgIpc) is 3.38. The lowest BCUT2D eigenvalue weighted by Crippen LogP contribution is -2.44. The molecule has 0 aliphatic carbocycles. The number of nitrogens with one attached hydrogen (secondary N) is 1. The van der Waals surface area contributed by atoms with Crippen LogP contribution in [0.5, 0.6) is 0 Å². The standard InChI is InChI=1S/C27H29N3O3S2/c1-2-23(20-15-17-33-18-16-20)24(28)19-29-35(31,32)26-14-13-25(34-26)30-27(21-9-5-3-6-10-21)22-11-7-4-8-12-22/h1,3-14,20,23-24,29H,15-19,28H2. The summed E-state index contributed by atoms with van der Waals surface area (Å²) in [4.78, 5) is 4.81. The first kappa shape index (κ1) is 25.3. The number of terminal acetylenes is 1. The number of ether oxygens (including phenoxy) is 1. The van der Waals surface area contributed by atoms with Crippen LogP contribution in [0.25, 0.3) is 0 Å². The minimum absolute atomic E-state index is 0.0737. The van der Waals surface area contributed by atoms with Gasteiger partial charge >= 0.3 is 0 Å². The van der Waals surface area contributed by atoms with E-state index in [1.54, 1.807) is 12.1 Å². The fourth-order valence-corrected chi connectivity index (χ4v) is 6.49. The molecule has 2 aromatic carbocycles. The van der Waals surface area contributed by atoms with Crippen LogP contribution in [0.1, 0.15) is 24.0 Å². The van der Waals surface area contributed by atoms with E-state index >= 15 is 0 Å². The van der Waals surface area contributed by atoms with Crippen molar-refractivity contribution in [2.24, 2.45) is 22.6 Å². The lowest BCUT2D eigenvalue weighted by atomic mass is 9.82. The van der Waals surface area contributed by atoms with E-state index in [2.05, 4.69) is 10.6 Å². The molecule has 1 aliphatic rings.